The Morgan fingerprint density at radius 1 is 1.44 bits per heavy atom. The zero-order valence-electron chi connectivity index (χ0n) is 15.7. The smallest absolute Gasteiger partial charge is 0.191 e. The van der Waals surface area contributed by atoms with Gasteiger partial charge < -0.3 is 15.5 Å². The molecule has 27 heavy (non-hydrogen) atoms. The van der Waals surface area contributed by atoms with Crippen molar-refractivity contribution in [2.24, 2.45) is 4.99 Å². The minimum Gasteiger partial charge on any atom is -0.369 e. The fraction of sp³-hybridized carbons (Fsp3) is 0.474. The molecule has 1 unspecified atom stereocenters. The molecule has 0 spiro atoms. The topological polar surface area (TPSA) is 52.6 Å². The van der Waals surface area contributed by atoms with Crippen LogP contribution in [0.3, 0.4) is 0 Å². The highest BCUT2D eigenvalue weighted by Crippen LogP contribution is 2.20. The predicted octanol–water partition coefficient (Wildman–Crippen LogP) is 3.80. The number of aryl methyl sites for hydroxylation is 1. The number of hydrogen-bond donors (Lipinski definition) is 2. The lowest BCUT2D eigenvalue weighted by Crippen LogP contribution is -2.51. The van der Waals surface area contributed by atoms with Crippen LogP contribution in [0.4, 0.5) is 10.1 Å². The van der Waals surface area contributed by atoms with Crippen molar-refractivity contribution in [3.05, 3.63) is 46.2 Å². The molecule has 0 saturated carbocycles. The monoisotopic (exact) mass is 503 g/mol. The first-order valence-corrected chi connectivity index (χ1v) is 9.91. The van der Waals surface area contributed by atoms with E-state index in [0.717, 1.165) is 49.0 Å². The largest absolute Gasteiger partial charge is 0.369 e. The maximum atomic E-state index is 13.5. The molecule has 148 valence electrons. The molecule has 2 heterocycles. The lowest BCUT2D eigenvalue weighted by Gasteiger charge is -2.35. The molecule has 1 fully saturated rings. The fourth-order valence-corrected chi connectivity index (χ4v) is 3.94. The van der Waals surface area contributed by atoms with Crippen LogP contribution in [-0.4, -0.2) is 37.1 Å². The van der Waals surface area contributed by atoms with Crippen molar-refractivity contribution in [2.45, 2.75) is 38.8 Å². The van der Waals surface area contributed by atoms with Crippen molar-refractivity contribution >= 4 is 47.0 Å². The van der Waals surface area contributed by atoms with Crippen molar-refractivity contribution < 1.29 is 4.39 Å². The lowest BCUT2D eigenvalue weighted by molar-refractivity contribution is 0.467. The number of nitrogens with one attached hydrogen (secondary N) is 2. The van der Waals surface area contributed by atoms with E-state index >= 15 is 0 Å². The molecule has 0 bridgehead atoms. The van der Waals surface area contributed by atoms with Gasteiger partial charge in [0.15, 0.2) is 5.96 Å². The van der Waals surface area contributed by atoms with Gasteiger partial charge in [0.05, 0.1) is 6.54 Å². The van der Waals surface area contributed by atoms with Crippen LogP contribution in [-0.2, 0) is 13.0 Å². The molecule has 2 aromatic rings. The summed E-state index contributed by atoms with van der Waals surface area (Å²) in [5, 5.41) is 7.90. The van der Waals surface area contributed by atoms with Crippen molar-refractivity contribution in [3.63, 3.8) is 0 Å². The third-order valence-corrected chi connectivity index (χ3v) is 5.66. The Labute approximate surface area is 181 Å². The molecule has 1 aromatic heterocycles. The van der Waals surface area contributed by atoms with E-state index in [9.17, 15) is 4.39 Å². The third kappa shape index (κ3) is 6.31. The van der Waals surface area contributed by atoms with E-state index < -0.39 is 0 Å². The minimum absolute atomic E-state index is 0. The van der Waals surface area contributed by atoms with Crippen LogP contribution in [0.15, 0.2) is 35.5 Å². The first kappa shape index (κ1) is 21.9. The van der Waals surface area contributed by atoms with Gasteiger partial charge in [-0.1, -0.05) is 13.0 Å². The molecule has 8 heteroatoms. The molecular formula is C19H27FIN5S. The van der Waals surface area contributed by atoms with Gasteiger partial charge in [0, 0.05) is 42.9 Å². The highest BCUT2D eigenvalue weighted by molar-refractivity contribution is 14.0. The molecule has 1 atom stereocenters. The second kappa shape index (κ2) is 10.8. The highest BCUT2D eigenvalue weighted by atomic mass is 127. The normalized spacial score (nSPS) is 17.4. The Kier molecular flexibility index (Phi) is 8.75. The molecule has 1 aliphatic rings. The summed E-state index contributed by atoms with van der Waals surface area (Å²) in [6, 6.07) is 7.09. The standard InChI is InChI=1S/C19H26FN5S.HI/c1-3-17-11-22-18(26-17)12-23-19(21-2)24-15-7-5-9-25(13-15)16-8-4-6-14(20)10-16;/h4,6,8,10-11,15H,3,5,7,9,12-13H2,1-2H3,(H2,21,23,24);1H. The SMILES string of the molecule is CCc1cnc(CNC(=NC)NC2CCCN(c3cccc(F)c3)C2)s1.I. The van der Waals surface area contributed by atoms with E-state index in [1.165, 1.54) is 10.9 Å². The van der Waals surface area contributed by atoms with Gasteiger partial charge >= 0.3 is 0 Å². The number of aliphatic imine (C=N–C) groups is 1. The Morgan fingerprint density at radius 3 is 3.00 bits per heavy atom. The number of rotatable bonds is 5. The van der Waals surface area contributed by atoms with Crippen molar-refractivity contribution in [3.8, 4) is 0 Å². The number of piperidine rings is 1. The molecule has 0 amide bonds. The van der Waals surface area contributed by atoms with Gasteiger partial charge in [0.25, 0.3) is 0 Å². The zero-order chi connectivity index (χ0) is 18.4. The van der Waals surface area contributed by atoms with E-state index in [1.54, 1.807) is 30.5 Å². The number of benzene rings is 1. The van der Waals surface area contributed by atoms with Crippen LogP contribution in [0.5, 0.6) is 0 Å². The van der Waals surface area contributed by atoms with Crippen LogP contribution in [0.25, 0.3) is 0 Å². The number of guanidine groups is 1. The zero-order valence-corrected chi connectivity index (χ0v) is 18.9. The fourth-order valence-electron chi connectivity index (χ4n) is 3.14. The van der Waals surface area contributed by atoms with Gasteiger partial charge in [0.1, 0.15) is 10.8 Å². The molecule has 1 aliphatic heterocycles. The molecule has 5 nitrogen and oxygen atoms in total. The molecule has 1 aromatic carbocycles. The first-order valence-electron chi connectivity index (χ1n) is 9.09. The number of anilines is 1. The van der Waals surface area contributed by atoms with E-state index in [4.69, 9.17) is 0 Å². The van der Waals surface area contributed by atoms with Crippen LogP contribution >= 0.6 is 35.3 Å². The number of hydrogen-bond acceptors (Lipinski definition) is 4. The molecule has 0 radical (unpaired) electrons. The first-order chi connectivity index (χ1) is 12.7. The van der Waals surface area contributed by atoms with Crippen LogP contribution < -0.4 is 15.5 Å². The van der Waals surface area contributed by atoms with E-state index in [1.807, 2.05) is 12.3 Å². The molecule has 0 aliphatic carbocycles. The maximum Gasteiger partial charge on any atom is 0.191 e. The summed E-state index contributed by atoms with van der Waals surface area (Å²) >= 11 is 1.73. The Bertz CT molecular complexity index is 751. The van der Waals surface area contributed by atoms with Gasteiger partial charge in [-0.2, -0.15) is 0 Å². The van der Waals surface area contributed by atoms with E-state index in [2.05, 4.69) is 32.4 Å². The van der Waals surface area contributed by atoms with Gasteiger partial charge in [-0.05, 0) is 37.5 Å². The summed E-state index contributed by atoms with van der Waals surface area (Å²) in [5.74, 6) is 0.592. The average molecular weight is 503 g/mol. The van der Waals surface area contributed by atoms with Gasteiger partial charge in [-0.3, -0.25) is 4.99 Å². The number of thiazole rings is 1. The van der Waals surface area contributed by atoms with Gasteiger partial charge in [0.2, 0.25) is 0 Å². The van der Waals surface area contributed by atoms with E-state index in [-0.39, 0.29) is 35.8 Å². The van der Waals surface area contributed by atoms with Gasteiger partial charge in [-0.25, -0.2) is 9.37 Å². The van der Waals surface area contributed by atoms with Gasteiger partial charge in [-0.15, -0.1) is 35.3 Å². The summed E-state index contributed by atoms with van der Waals surface area (Å²) in [6.07, 6.45) is 5.10. The summed E-state index contributed by atoms with van der Waals surface area (Å²) in [5.41, 5.74) is 0.939. The van der Waals surface area contributed by atoms with Crippen LogP contribution in [0.1, 0.15) is 29.7 Å². The number of halogens is 2. The van der Waals surface area contributed by atoms with Crippen molar-refractivity contribution in [2.75, 3.05) is 25.0 Å². The van der Waals surface area contributed by atoms with Crippen LogP contribution in [0.2, 0.25) is 0 Å². The molecular weight excluding hydrogens is 476 g/mol. The van der Waals surface area contributed by atoms with Crippen molar-refractivity contribution in [1.29, 1.82) is 0 Å². The Hall–Kier alpha value is -1.42. The van der Waals surface area contributed by atoms with E-state index in [0.29, 0.717) is 6.54 Å². The third-order valence-electron chi connectivity index (χ3n) is 4.52. The molecule has 3 rings (SSSR count). The Morgan fingerprint density at radius 2 is 2.30 bits per heavy atom. The summed E-state index contributed by atoms with van der Waals surface area (Å²) in [4.78, 5) is 12.3. The summed E-state index contributed by atoms with van der Waals surface area (Å²) < 4.78 is 13.5. The van der Waals surface area contributed by atoms with Crippen LogP contribution in [0, 0.1) is 5.82 Å². The summed E-state index contributed by atoms with van der Waals surface area (Å²) in [6.45, 7) is 4.59. The highest BCUT2D eigenvalue weighted by Gasteiger charge is 2.21. The van der Waals surface area contributed by atoms with Crippen molar-refractivity contribution in [1.82, 2.24) is 15.6 Å². The minimum atomic E-state index is -0.190. The second-order valence-electron chi connectivity index (χ2n) is 6.41. The second-order valence-corrected chi connectivity index (χ2v) is 7.61. The number of nitrogens with zero attached hydrogens (tertiary/aromatic N) is 3. The predicted molar refractivity (Wildman–Crippen MR) is 122 cm³/mol. The lowest BCUT2D eigenvalue weighted by atomic mass is 10.0. The molecule has 2 N–H and O–H groups in total. The molecule has 1 saturated heterocycles. The summed E-state index contributed by atoms with van der Waals surface area (Å²) in [7, 11) is 1.78. The quantitative estimate of drug-likeness (QED) is 0.371. The Balaban J connectivity index is 0.00000261. The average Bonchev–Trinajstić information content (AvgIpc) is 3.13. The maximum absolute atomic E-state index is 13.5. The number of aromatic nitrogens is 1.